The zero-order valence-electron chi connectivity index (χ0n) is 11.7. The molecule has 2 aromatic rings. The number of nitrogens with zero attached hydrogens (tertiary/aromatic N) is 1. The van der Waals surface area contributed by atoms with Gasteiger partial charge in [0.15, 0.2) is 0 Å². The Bertz CT molecular complexity index is 773. The second kappa shape index (κ2) is 5.33. The highest BCUT2D eigenvalue weighted by Crippen LogP contribution is 2.22. The molecule has 6 nitrogen and oxygen atoms in total. The van der Waals surface area contributed by atoms with Crippen LogP contribution in [-0.4, -0.2) is 17.8 Å². The van der Waals surface area contributed by atoms with Gasteiger partial charge in [0, 0.05) is 0 Å². The monoisotopic (exact) mass is 296 g/mol. The molecule has 0 saturated carbocycles. The number of nitrogens with one attached hydrogen (secondary N) is 1. The fourth-order valence-corrected chi connectivity index (χ4v) is 2.10. The van der Waals surface area contributed by atoms with Crippen molar-refractivity contribution in [3.63, 3.8) is 0 Å². The maximum absolute atomic E-state index is 12.5. The van der Waals surface area contributed by atoms with Gasteiger partial charge < -0.3 is 4.42 Å². The molecule has 4 amide bonds. The molecule has 22 heavy (non-hydrogen) atoms. The summed E-state index contributed by atoms with van der Waals surface area (Å²) >= 11 is 0. The molecule has 0 spiro atoms. The number of urea groups is 1. The van der Waals surface area contributed by atoms with E-state index in [0.717, 1.165) is 10.5 Å². The van der Waals surface area contributed by atoms with E-state index in [1.807, 2.05) is 6.92 Å². The van der Waals surface area contributed by atoms with Gasteiger partial charge in [-0.1, -0.05) is 17.7 Å². The predicted octanol–water partition coefficient (Wildman–Crippen LogP) is 2.25. The molecule has 0 unspecified atom stereocenters. The van der Waals surface area contributed by atoms with Crippen molar-refractivity contribution in [2.24, 2.45) is 0 Å². The van der Waals surface area contributed by atoms with Gasteiger partial charge in [-0.3, -0.25) is 14.9 Å². The number of hydrogen-bond donors (Lipinski definition) is 1. The summed E-state index contributed by atoms with van der Waals surface area (Å²) < 4.78 is 5.10. The quantitative estimate of drug-likeness (QED) is 0.681. The molecular formula is C16H12N2O4. The first kappa shape index (κ1) is 13.8. The van der Waals surface area contributed by atoms with Crippen molar-refractivity contribution in [2.45, 2.75) is 6.92 Å². The highest BCUT2D eigenvalue weighted by atomic mass is 16.3. The molecule has 2 heterocycles. The number of anilines is 1. The Balaban J connectivity index is 2.01. The third kappa shape index (κ3) is 2.42. The van der Waals surface area contributed by atoms with Gasteiger partial charge in [0.25, 0.3) is 11.8 Å². The highest BCUT2D eigenvalue weighted by Gasteiger charge is 2.36. The van der Waals surface area contributed by atoms with Crippen LogP contribution in [0, 0.1) is 6.92 Å². The van der Waals surface area contributed by atoms with Crippen LogP contribution < -0.4 is 10.2 Å². The van der Waals surface area contributed by atoms with E-state index in [2.05, 4.69) is 5.32 Å². The number of carbonyl (C=O) groups is 3. The standard InChI is InChI=1S/C16H12N2O4/c1-10-4-6-11(7-5-10)18-15(20)13(14(19)17-16(18)21)9-12-3-2-8-22-12/h2-9H,1H3,(H,17,19,21)/b13-9+. The molecular weight excluding hydrogens is 284 g/mol. The van der Waals surface area contributed by atoms with E-state index in [4.69, 9.17) is 4.42 Å². The van der Waals surface area contributed by atoms with Crippen molar-refractivity contribution in [3.8, 4) is 0 Å². The van der Waals surface area contributed by atoms with E-state index in [-0.39, 0.29) is 5.57 Å². The van der Waals surface area contributed by atoms with Crippen molar-refractivity contribution < 1.29 is 18.8 Å². The Labute approximate surface area is 126 Å². The molecule has 1 aliphatic rings. The first-order chi connectivity index (χ1) is 10.6. The lowest BCUT2D eigenvalue weighted by molar-refractivity contribution is -0.122. The minimum atomic E-state index is -0.768. The number of barbiturate groups is 1. The summed E-state index contributed by atoms with van der Waals surface area (Å²) in [7, 11) is 0. The maximum atomic E-state index is 12.5. The zero-order chi connectivity index (χ0) is 15.7. The predicted molar refractivity (Wildman–Crippen MR) is 78.9 cm³/mol. The van der Waals surface area contributed by atoms with Gasteiger partial charge in [0.1, 0.15) is 11.3 Å². The van der Waals surface area contributed by atoms with Gasteiger partial charge in [-0.05, 0) is 37.3 Å². The first-order valence-electron chi connectivity index (χ1n) is 6.58. The van der Waals surface area contributed by atoms with Crippen LogP contribution in [0.1, 0.15) is 11.3 Å². The van der Waals surface area contributed by atoms with Gasteiger partial charge in [0.05, 0.1) is 12.0 Å². The second-order valence-corrected chi connectivity index (χ2v) is 4.81. The first-order valence-corrected chi connectivity index (χ1v) is 6.58. The lowest BCUT2D eigenvalue weighted by Crippen LogP contribution is -2.54. The second-order valence-electron chi connectivity index (χ2n) is 4.81. The van der Waals surface area contributed by atoms with E-state index < -0.39 is 17.8 Å². The number of amides is 4. The van der Waals surface area contributed by atoms with E-state index in [0.29, 0.717) is 11.4 Å². The summed E-state index contributed by atoms with van der Waals surface area (Å²) in [5, 5.41) is 2.15. The van der Waals surface area contributed by atoms with Crippen LogP contribution in [-0.2, 0) is 9.59 Å². The number of hydrogen-bond acceptors (Lipinski definition) is 4. The Morgan fingerprint density at radius 2 is 1.82 bits per heavy atom. The number of imide groups is 2. The van der Waals surface area contributed by atoms with Gasteiger partial charge in [-0.15, -0.1) is 0 Å². The Hall–Kier alpha value is -3.15. The molecule has 3 rings (SSSR count). The Kier molecular flexibility index (Phi) is 3.34. The molecule has 0 aliphatic carbocycles. The smallest absolute Gasteiger partial charge is 0.335 e. The van der Waals surface area contributed by atoms with Crippen LogP contribution in [0.4, 0.5) is 10.5 Å². The van der Waals surface area contributed by atoms with Crippen LogP contribution in [0.2, 0.25) is 0 Å². The fourth-order valence-electron chi connectivity index (χ4n) is 2.10. The largest absolute Gasteiger partial charge is 0.465 e. The van der Waals surface area contributed by atoms with Gasteiger partial charge >= 0.3 is 6.03 Å². The van der Waals surface area contributed by atoms with Crippen LogP contribution in [0.5, 0.6) is 0 Å². The minimum Gasteiger partial charge on any atom is -0.465 e. The molecule has 1 saturated heterocycles. The molecule has 6 heteroatoms. The Morgan fingerprint density at radius 1 is 1.09 bits per heavy atom. The van der Waals surface area contributed by atoms with Gasteiger partial charge in [-0.2, -0.15) is 0 Å². The third-order valence-electron chi connectivity index (χ3n) is 3.22. The molecule has 0 radical (unpaired) electrons. The van der Waals surface area contributed by atoms with E-state index >= 15 is 0 Å². The number of furan rings is 1. The van der Waals surface area contributed by atoms with E-state index in [1.165, 1.54) is 12.3 Å². The van der Waals surface area contributed by atoms with E-state index in [9.17, 15) is 14.4 Å². The van der Waals surface area contributed by atoms with E-state index in [1.54, 1.807) is 36.4 Å². The Morgan fingerprint density at radius 3 is 2.45 bits per heavy atom. The number of carbonyl (C=O) groups excluding carboxylic acids is 3. The maximum Gasteiger partial charge on any atom is 0.335 e. The van der Waals surface area contributed by atoms with Crippen molar-refractivity contribution in [2.75, 3.05) is 4.90 Å². The average molecular weight is 296 g/mol. The summed E-state index contributed by atoms with van der Waals surface area (Å²) in [6.45, 7) is 1.90. The molecule has 1 N–H and O–H groups in total. The number of benzene rings is 1. The SMILES string of the molecule is Cc1ccc(N2C(=O)NC(=O)/C(=C\c3ccco3)C2=O)cc1. The van der Waals surface area contributed by atoms with Crippen LogP contribution in [0.25, 0.3) is 6.08 Å². The minimum absolute atomic E-state index is 0.157. The summed E-state index contributed by atoms with van der Waals surface area (Å²) in [4.78, 5) is 37.3. The molecule has 1 fully saturated rings. The molecule has 1 aromatic carbocycles. The molecule has 1 aliphatic heterocycles. The van der Waals surface area contributed by atoms with Gasteiger partial charge in [-0.25, -0.2) is 9.69 Å². The summed E-state index contributed by atoms with van der Waals surface area (Å²) in [5.41, 5.74) is 1.23. The number of aryl methyl sites for hydroxylation is 1. The topological polar surface area (TPSA) is 79.6 Å². The van der Waals surface area contributed by atoms with Crippen LogP contribution in [0.3, 0.4) is 0 Å². The summed E-state index contributed by atoms with van der Waals surface area (Å²) in [5.74, 6) is -1.07. The molecule has 110 valence electrons. The van der Waals surface area contributed by atoms with Crippen molar-refractivity contribution >= 4 is 29.6 Å². The highest BCUT2D eigenvalue weighted by molar-refractivity contribution is 6.39. The van der Waals surface area contributed by atoms with Crippen LogP contribution >= 0.6 is 0 Å². The molecule has 0 atom stereocenters. The third-order valence-corrected chi connectivity index (χ3v) is 3.22. The van der Waals surface area contributed by atoms with Crippen LogP contribution in [0.15, 0.2) is 52.7 Å². The molecule has 1 aromatic heterocycles. The zero-order valence-corrected chi connectivity index (χ0v) is 11.7. The van der Waals surface area contributed by atoms with Crippen molar-refractivity contribution in [3.05, 3.63) is 59.6 Å². The fraction of sp³-hybridized carbons (Fsp3) is 0.0625. The summed E-state index contributed by atoms with van der Waals surface area (Å²) in [6.07, 6.45) is 2.74. The number of rotatable bonds is 2. The normalized spacial score (nSPS) is 17.0. The lowest BCUT2D eigenvalue weighted by Gasteiger charge is -2.26. The molecule has 0 bridgehead atoms. The van der Waals surface area contributed by atoms with Crippen molar-refractivity contribution in [1.82, 2.24) is 5.32 Å². The lowest BCUT2D eigenvalue weighted by atomic mass is 10.1. The average Bonchev–Trinajstić information content (AvgIpc) is 2.98. The van der Waals surface area contributed by atoms with Crippen molar-refractivity contribution in [1.29, 1.82) is 0 Å². The summed E-state index contributed by atoms with van der Waals surface area (Å²) in [6, 6.07) is 9.33. The van der Waals surface area contributed by atoms with Gasteiger partial charge in [0.2, 0.25) is 0 Å².